The monoisotopic (exact) mass is 273 g/mol. The van der Waals surface area contributed by atoms with E-state index in [4.69, 9.17) is 22.4 Å². The predicted octanol–water partition coefficient (Wildman–Crippen LogP) is 3.11. The lowest BCUT2D eigenvalue weighted by atomic mass is 9.96. The van der Waals surface area contributed by atoms with E-state index in [-0.39, 0.29) is 11.5 Å². The molecule has 3 N–H and O–H groups in total. The molecular weight excluding hydrogens is 262 g/mol. The Hall–Kier alpha value is -1.84. The van der Waals surface area contributed by atoms with E-state index in [1.54, 1.807) is 12.1 Å². The first-order valence-electron chi connectivity index (χ1n) is 5.99. The van der Waals surface area contributed by atoms with E-state index in [0.717, 1.165) is 22.3 Å². The standard InChI is InChI=1S/C15H12ClNO2/c16-9-2-4-11-10-3-1-8(15(18)19)5-12(10)14(7-17)13(11)6-9/h1-6,14H,7,17H2,(H,18,19). The summed E-state index contributed by atoms with van der Waals surface area (Å²) < 4.78 is 0. The number of benzene rings is 2. The van der Waals surface area contributed by atoms with E-state index in [0.29, 0.717) is 11.6 Å². The number of nitrogens with two attached hydrogens (primary N) is 1. The first kappa shape index (κ1) is 12.2. The van der Waals surface area contributed by atoms with Crippen molar-refractivity contribution in [2.45, 2.75) is 5.92 Å². The van der Waals surface area contributed by atoms with Crippen LogP contribution < -0.4 is 5.73 Å². The van der Waals surface area contributed by atoms with Crippen molar-refractivity contribution in [3.8, 4) is 11.1 Å². The number of halogens is 1. The van der Waals surface area contributed by atoms with Crippen molar-refractivity contribution in [2.24, 2.45) is 5.73 Å². The van der Waals surface area contributed by atoms with Crippen molar-refractivity contribution in [1.29, 1.82) is 0 Å². The van der Waals surface area contributed by atoms with Gasteiger partial charge >= 0.3 is 5.97 Å². The average molecular weight is 274 g/mol. The molecule has 3 rings (SSSR count). The molecule has 2 aromatic carbocycles. The third-order valence-corrected chi connectivity index (χ3v) is 3.82. The minimum absolute atomic E-state index is 0.0167. The molecule has 0 amide bonds. The first-order chi connectivity index (χ1) is 9.11. The first-order valence-corrected chi connectivity index (χ1v) is 6.36. The maximum Gasteiger partial charge on any atom is 0.335 e. The molecule has 19 heavy (non-hydrogen) atoms. The lowest BCUT2D eigenvalue weighted by molar-refractivity contribution is 0.0697. The molecule has 96 valence electrons. The van der Waals surface area contributed by atoms with Gasteiger partial charge in [-0.2, -0.15) is 0 Å². The van der Waals surface area contributed by atoms with Crippen LogP contribution in [0, 0.1) is 0 Å². The summed E-state index contributed by atoms with van der Waals surface area (Å²) in [6.45, 7) is 0.434. The van der Waals surface area contributed by atoms with Gasteiger partial charge in [0.15, 0.2) is 0 Å². The summed E-state index contributed by atoms with van der Waals surface area (Å²) in [6, 6.07) is 10.9. The molecule has 0 spiro atoms. The molecule has 1 aliphatic rings. The molecule has 3 nitrogen and oxygen atoms in total. The van der Waals surface area contributed by atoms with Gasteiger partial charge < -0.3 is 10.8 Å². The Balaban J connectivity index is 2.23. The van der Waals surface area contributed by atoms with Crippen molar-refractivity contribution >= 4 is 17.6 Å². The van der Waals surface area contributed by atoms with Gasteiger partial charge in [-0.3, -0.25) is 0 Å². The smallest absolute Gasteiger partial charge is 0.335 e. The normalized spacial score (nSPS) is 16.0. The van der Waals surface area contributed by atoms with E-state index in [2.05, 4.69) is 0 Å². The minimum Gasteiger partial charge on any atom is -0.478 e. The highest BCUT2D eigenvalue weighted by atomic mass is 35.5. The molecule has 0 aliphatic heterocycles. The van der Waals surface area contributed by atoms with Crippen molar-refractivity contribution in [3.63, 3.8) is 0 Å². The fraction of sp³-hybridized carbons (Fsp3) is 0.133. The van der Waals surface area contributed by atoms with Crippen LogP contribution in [-0.2, 0) is 0 Å². The van der Waals surface area contributed by atoms with Crippen LogP contribution in [0.1, 0.15) is 27.4 Å². The molecule has 0 fully saturated rings. The maximum atomic E-state index is 11.1. The molecule has 0 saturated carbocycles. The predicted molar refractivity (Wildman–Crippen MR) is 74.7 cm³/mol. The van der Waals surface area contributed by atoms with Gasteiger partial charge in [0.05, 0.1) is 5.56 Å². The number of carboxylic acid groups (broad SMARTS) is 1. The number of fused-ring (bicyclic) bond motifs is 3. The van der Waals surface area contributed by atoms with Gasteiger partial charge in [-0.25, -0.2) is 4.79 Å². The number of carbonyl (C=O) groups is 1. The summed E-state index contributed by atoms with van der Waals surface area (Å²) in [5.74, 6) is -0.907. The minimum atomic E-state index is -0.924. The summed E-state index contributed by atoms with van der Waals surface area (Å²) >= 11 is 6.04. The van der Waals surface area contributed by atoms with Crippen molar-refractivity contribution < 1.29 is 9.90 Å². The molecule has 1 atom stereocenters. The van der Waals surface area contributed by atoms with Gasteiger partial charge in [0.1, 0.15) is 0 Å². The van der Waals surface area contributed by atoms with Crippen LogP contribution >= 0.6 is 11.6 Å². The number of carboxylic acids is 1. The molecule has 0 saturated heterocycles. The summed E-state index contributed by atoms with van der Waals surface area (Å²) in [6.07, 6.45) is 0. The number of aromatic carboxylic acids is 1. The molecule has 4 heteroatoms. The summed E-state index contributed by atoms with van der Waals surface area (Å²) in [5, 5.41) is 9.75. The van der Waals surface area contributed by atoms with Crippen LogP contribution in [0.25, 0.3) is 11.1 Å². The zero-order valence-corrected chi connectivity index (χ0v) is 10.8. The Kier molecular flexibility index (Phi) is 2.81. The molecule has 0 radical (unpaired) electrons. The summed E-state index contributed by atoms with van der Waals surface area (Å²) in [7, 11) is 0. The van der Waals surface area contributed by atoms with Crippen LogP contribution in [0.2, 0.25) is 5.02 Å². The average Bonchev–Trinajstić information content (AvgIpc) is 2.70. The Morgan fingerprint density at radius 1 is 1.16 bits per heavy atom. The maximum absolute atomic E-state index is 11.1. The highest BCUT2D eigenvalue weighted by molar-refractivity contribution is 6.30. The SMILES string of the molecule is NCC1c2cc(Cl)ccc2-c2ccc(C(=O)O)cc21. The largest absolute Gasteiger partial charge is 0.478 e. The van der Waals surface area contributed by atoms with E-state index in [1.807, 2.05) is 24.3 Å². The topological polar surface area (TPSA) is 63.3 Å². The van der Waals surface area contributed by atoms with Gasteiger partial charge in [0, 0.05) is 17.5 Å². The zero-order valence-electron chi connectivity index (χ0n) is 10.1. The Labute approximate surface area is 115 Å². The Morgan fingerprint density at radius 2 is 1.79 bits per heavy atom. The van der Waals surface area contributed by atoms with E-state index in [1.165, 1.54) is 0 Å². The zero-order chi connectivity index (χ0) is 13.6. The second-order valence-electron chi connectivity index (χ2n) is 4.63. The van der Waals surface area contributed by atoms with Crippen LogP contribution in [0.5, 0.6) is 0 Å². The molecular formula is C15H12ClNO2. The van der Waals surface area contributed by atoms with E-state index >= 15 is 0 Å². The lowest BCUT2D eigenvalue weighted by Crippen LogP contribution is -2.11. The number of hydrogen-bond donors (Lipinski definition) is 2. The molecule has 0 bridgehead atoms. The number of rotatable bonds is 2. The quantitative estimate of drug-likeness (QED) is 0.884. The van der Waals surface area contributed by atoms with Crippen LogP contribution in [0.4, 0.5) is 0 Å². The third kappa shape index (κ3) is 1.82. The fourth-order valence-corrected chi connectivity index (χ4v) is 2.90. The second-order valence-corrected chi connectivity index (χ2v) is 5.06. The summed E-state index contributed by atoms with van der Waals surface area (Å²) in [5.41, 5.74) is 10.3. The van der Waals surface area contributed by atoms with Crippen LogP contribution in [0.3, 0.4) is 0 Å². The van der Waals surface area contributed by atoms with E-state index < -0.39 is 5.97 Å². The highest BCUT2D eigenvalue weighted by Gasteiger charge is 2.28. The highest BCUT2D eigenvalue weighted by Crippen LogP contribution is 2.45. The van der Waals surface area contributed by atoms with Gasteiger partial charge in [0.25, 0.3) is 0 Å². The molecule has 1 unspecified atom stereocenters. The molecule has 0 aromatic heterocycles. The van der Waals surface area contributed by atoms with Gasteiger partial charge in [-0.1, -0.05) is 23.7 Å². The fourth-order valence-electron chi connectivity index (χ4n) is 2.72. The number of hydrogen-bond acceptors (Lipinski definition) is 2. The van der Waals surface area contributed by atoms with Crippen LogP contribution in [-0.4, -0.2) is 17.6 Å². The lowest BCUT2D eigenvalue weighted by Gasteiger charge is -2.10. The molecule has 0 heterocycles. The van der Waals surface area contributed by atoms with E-state index in [9.17, 15) is 4.79 Å². The van der Waals surface area contributed by atoms with Crippen molar-refractivity contribution in [1.82, 2.24) is 0 Å². The van der Waals surface area contributed by atoms with Gasteiger partial charge in [-0.05, 0) is 46.5 Å². The Morgan fingerprint density at radius 3 is 2.42 bits per heavy atom. The molecule has 1 aliphatic carbocycles. The second kappa shape index (κ2) is 4.37. The van der Waals surface area contributed by atoms with Gasteiger partial charge in [0.2, 0.25) is 0 Å². The van der Waals surface area contributed by atoms with Gasteiger partial charge in [-0.15, -0.1) is 0 Å². The summed E-state index contributed by atoms with van der Waals surface area (Å²) in [4.78, 5) is 11.1. The van der Waals surface area contributed by atoms with Crippen LogP contribution in [0.15, 0.2) is 36.4 Å². The molecule has 2 aromatic rings. The Bertz CT molecular complexity index is 682. The van der Waals surface area contributed by atoms with Crippen molar-refractivity contribution in [2.75, 3.05) is 6.54 Å². The third-order valence-electron chi connectivity index (χ3n) is 3.59. The van der Waals surface area contributed by atoms with Crippen molar-refractivity contribution in [3.05, 3.63) is 58.1 Å².